The lowest BCUT2D eigenvalue weighted by molar-refractivity contribution is 0.0651. The van der Waals surface area contributed by atoms with Crippen LogP contribution < -0.4 is 0 Å². The molecule has 0 radical (unpaired) electrons. The first-order valence-electron chi connectivity index (χ1n) is 4.20. The predicted molar refractivity (Wildman–Crippen MR) is 47.9 cm³/mol. The Balaban J connectivity index is 2.44. The molecule has 0 spiro atoms. The number of nitrogens with zero attached hydrogens (tertiary/aromatic N) is 2. The van der Waals surface area contributed by atoms with Gasteiger partial charge >= 0.3 is 0 Å². The molecular formula is C9H16N2O. The molecule has 0 saturated heterocycles. The molecule has 3 heteroatoms. The van der Waals surface area contributed by atoms with Crippen molar-refractivity contribution >= 4 is 0 Å². The Morgan fingerprint density at radius 3 is 2.67 bits per heavy atom. The average molecular weight is 168 g/mol. The van der Waals surface area contributed by atoms with Gasteiger partial charge in [-0.3, -0.25) is 4.68 Å². The normalized spacial score (nSPS) is 12.0. The number of hydrogen-bond acceptors (Lipinski definition) is 2. The standard InChI is InChI=1S/C9H16N2O/c1-8-4-6-11(10-8)7-5-9(2,3)12/h4,6,12H,5,7H2,1-3H3. The van der Waals surface area contributed by atoms with Crippen molar-refractivity contribution < 1.29 is 5.11 Å². The second-order valence-corrected chi connectivity index (χ2v) is 3.78. The molecule has 0 atom stereocenters. The fraction of sp³-hybridized carbons (Fsp3) is 0.667. The molecule has 0 bridgehead atoms. The van der Waals surface area contributed by atoms with Crippen LogP contribution in [0.4, 0.5) is 0 Å². The van der Waals surface area contributed by atoms with Gasteiger partial charge in [0.15, 0.2) is 0 Å². The molecule has 3 nitrogen and oxygen atoms in total. The molecule has 1 rings (SSSR count). The van der Waals surface area contributed by atoms with Crippen LogP contribution in [0.25, 0.3) is 0 Å². The minimum Gasteiger partial charge on any atom is -0.390 e. The Labute approximate surface area is 73.0 Å². The van der Waals surface area contributed by atoms with E-state index in [1.165, 1.54) is 0 Å². The Morgan fingerprint density at radius 1 is 1.58 bits per heavy atom. The Hall–Kier alpha value is -0.830. The van der Waals surface area contributed by atoms with Crippen molar-refractivity contribution in [2.75, 3.05) is 0 Å². The van der Waals surface area contributed by atoms with Crippen LogP contribution in [0.1, 0.15) is 26.0 Å². The SMILES string of the molecule is Cc1ccn(CCC(C)(C)O)n1. The van der Waals surface area contributed by atoms with E-state index in [2.05, 4.69) is 5.10 Å². The van der Waals surface area contributed by atoms with Gasteiger partial charge in [-0.15, -0.1) is 0 Å². The number of hydrogen-bond donors (Lipinski definition) is 1. The van der Waals surface area contributed by atoms with Crippen molar-refractivity contribution in [3.8, 4) is 0 Å². The first-order valence-corrected chi connectivity index (χ1v) is 4.20. The van der Waals surface area contributed by atoms with Gasteiger partial charge in [-0.2, -0.15) is 5.10 Å². The fourth-order valence-electron chi connectivity index (χ4n) is 0.976. The van der Waals surface area contributed by atoms with Crippen molar-refractivity contribution in [1.29, 1.82) is 0 Å². The highest BCUT2D eigenvalue weighted by Gasteiger charge is 2.11. The average Bonchev–Trinajstić information content (AvgIpc) is 2.30. The van der Waals surface area contributed by atoms with Crippen molar-refractivity contribution in [1.82, 2.24) is 9.78 Å². The molecular weight excluding hydrogens is 152 g/mol. The molecule has 68 valence electrons. The molecule has 1 aromatic heterocycles. The molecule has 0 aliphatic carbocycles. The zero-order chi connectivity index (χ0) is 9.19. The van der Waals surface area contributed by atoms with Crippen LogP contribution in [-0.2, 0) is 6.54 Å². The third-order valence-corrected chi connectivity index (χ3v) is 1.73. The number of rotatable bonds is 3. The predicted octanol–water partition coefficient (Wildman–Crippen LogP) is 1.35. The van der Waals surface area contributed by atoms with Gasteiger partial charge < -0.3 is 5.11 Å². The molecule has 0 aromatic carbocycles. The van der Waals surface area contributed by atoms with Crippen LogP contribution in [0.2, 0.25) is 0 Å². The molecule has 0 fully saturated rings. The monoisotopic (exact) mass is 168 g/mol. The van der Waals surface area contributed by atoms with E-state index < -0.39 is 5.60 Å². The highest BCUT2D eigenvalue weighted by atomic mass is 16.3. The summed E-state index contributed by atoms with van der Waals surface area (Å²) in [5.74, 6) is 0. The van der Waals surface area contributed by atoms with Crippen LogP contribution in [-0.4, -0.2) is 20.5 Å². The molecule has 0 aliphatic heterocycles. The summed E-state index contributed by atoms with van der Waals surface area (Å²) in [6.07, 6.45) is 2.66. The van der Waals surface area contributed by atoms with Gasteiger partial charge in [-0.05, 0) is 33.3 Å². The smallest absolute Gasteiger partial charge is 0.0609 e. The summed E-state index contributed by atoms with van der Waals surface area (Å²) < 4.78 is 1.85. The van der Waals surface area contributed by atoms with E-state index in [4.69, 9.17) is 0 Å². The lowest BCUT2D eigenvalue weighted by Crippen LogP contribution is -2.21. The molecule has 1 N–H and O–H groups in total. The van der Waals surface area contributed by atoms with E-state index in [0.29, 0.717) is 0 Å². The third kappa shape index (κ3) is 3.05. The minimum atomic E-state index is -0.597. The second kappa shape index (κ2) is 3.27. The zero-order valence-electron chi connectivity index (χ0n) is 7.91. The summed E-state index contributed by atoms with van der Waals surface area (Å²) in [5.41, 5.74) is 0.422. The van der Waals surface area contributed by atoms with E-state index >= 15 is 0 Å². The first-order chi connectivity index (χ1) is 5.47. The van der Waals surface area contributed by atoms with Gasteiger partial charge in [0.25, 0.3) is 0 Å². The fourth-order valence-corrected chi connectivity index (χ4v) is 0.976. The van der Waals surface area contributed by atoms with Crippen LogP contribution in [0, 0.1) is 6.92 Å². The van der Waals surface area contributed by atoms with E-state index in [1.54, 1.807) is 0 Å². The van der Waals surface area contributed by atoms with Crippen LogP contribution >= 0.6 is 0 Å². The lowest BCUT2D eigenvalue weighted by atomic mass is 10.1. The van der Waals surface area contributed by atoms with Crippen LogP contribution in [0.5, 0.6) is 0 Å². The highest BCUT2D eigenvalue weighted by molar-refractivity contribution is 4.94. The second-order valence-electron chi connectivity index (χ2n) is 3.78. The maximum atomic E-state index is 9.44. The van der Waals surface area contributed by atoms with Gasteiger partial charge in [0.1, 0.15) is 0 Å². The van der Waals surface area contributed by atoms with Gasteiger partial charge in [0.05, 0.1) is 11.3 Å². The molecule has 0 amide bonds. The summed E-state index contributed by atoms with van der Waals surface area (Å²) in [7, 11) is 0. The Kier molecular flexibility index (Phi) is 2.52. The number of aromatic nitrogens is 2. The minimum absolute atomic E-state index is 0.597. The van der Waals surface area contributed by atoms with E-state index in [-0.39, 0.29) is 0 Å². The lowest BCUT2D eigenvalue weighted by Gasteiger charge is -2.16. The van der Waals surface area contributed by atoms with Gasteiger partial charge in [0, 0.05) is 12.7 Å². The van der Waals surface area contributed by atoms with E-state index in [9.17, 15) is 5.11 Å². The summed E-state index contributed by atoms with van der Waals surface area (Å²) in [6.45, 7) is 6.35. The largest absolute Gasteiger partial charge is 0.390 e. The Bertz CT molecular complexity index is 247. The van der Waals surface area contributed by atoms with Crippen LogP contribution in [0.15, 0.2) is 12.3 Å². The summed E-state index contributed by atoms with van der Waals surface area (Å²) in [4.78, 5) is 0. The number of aryl methyl sites for hydroxylation is 2. The van der Waals surface area contributed by atoms with Crippen LogP contribution in [0.3, 0.4) is 0 Å². The van der Waals surface area contributed by atoms with Gasteiger partial charge in [-0.1, -0.05) is 0 Å². The molecule has 1 aromatic rings. The van der Waals surface area contributed by atoms with Crippen molar-refractivity contribution in [2.24, 2.45) is 0 Å². The molecule has 1 heterocycles. The summed E-state index contributed by atoms with van der Waals surface area (Å²) >= 11 is 0. The maximum absolute atomic E-state index is 9.44. The van der Waals surface area contributed by atoms with E-state index in [1.807, 2.05) is 37.7 Å². The van der Waals surface area contributed by atoms with Gasteiger partial charge in [-0.25, -0.2) is 0 Å². The molecule has 12 heavy (non-hydrogen) atoms. The van der Waals surface area contributed by atoms with Gasteiger partial charge in [0.2, 0.25) is 0 Å². The molecule has 0 unspecified atom stereocenters. The number of aliphatic hydroxyl groups is 1. The summed E-state index contributed by atoms with van der Waals surface area (Å²) in [6, 6.07) is 1.96. The Morgan fingerprint density at radius 2 is 2.25 bits per heavy atom. The topological polar surface area (TPSA) is 38.0 Å². The third-order valence-electron chi connectivity index (χ3n) is 1.73. The van der Waals surface area contributed by atoms with E-state index in [0.717, 1.165) is 18.7 Å². The maximum Gasteiger partial charge on any atom is 0.0609 e. The molecule has 0 saturated carbocycles. The highest BCUT2D eigenvalue weighted by Crippen LogP contribution is 2.08. The van der Waals surface area contributed by atoms with Crippen molar-refractivity contribution in [3.63, 3.8) is 0 Å². The summed E-state index contributed by atoms with van der Waals surface area (Å²) in [5, 5.41) is 13.7. The first kappa shape index (κ1) is 9.26. The molecule has 0 aliphatic rings. The van der Waals surface area contributed by atoms with Crippen molar-refractivity contribution in [2.45, 2.75) is 39.3 Å². The zero-order valence-corrected chi connectivity index (χ0v) is 7.91. The van der Waals surface area contributed by atoms with Crippen molar-refractivity contribution in [3.05, 3.63) is 18.0 Å². The quantitative estimate of drug-likeness (QED) is 0.740.